The highest BCUT2D eigenvalue weighted by Crippen LogP contribution is 2.37. The molecule has 1 aliphatic rings. The lowest BCUT2D eigenvalue weighted by Crippen LogP contribution is -2.08. The van der Waals surface area contributed by atoms with Gasteiger partial charge in [-0.15, -0.1) is 0 Å². The van der Waals surface area contributed by atoms with Gasteiger partial charge in [0.05, 0.1) is 0 Å². The van der Waals surface area contributed by atoms with Gasteiger partial charge in [-0.3, -0.25) is 4.98 Å². The van der Waals surface area contributed by atoms with Crippen LogP contribution in [0.1, 0.15) is 36.3 Å². The zero-order chi connectivity index (χ0) is 12.4. The summed E-state index contributed by atoms with van der Waals surface area (Å²) < 4.78 is 0. The van der Waals surface area contributed by atoms with Crippen molar-refractivity contribution in [1.29, 1.82) is 0 Å². The molecular formula is C16H18N2. The molecule has 2 aromatic rings. The second-order valence-corrected chi connectivity index (χ2v) is 5.04. The van der Waals surface area contributed by atoms with Gasteiger partial charge < -0.3 is 5.73 Å². The number of hydrogen-bond acceptors (Lipinski definition) is 2. The van der Waals surface area contributed by atoms with Crippen LogP contribution in [0.25, 0.3) is 11.1 Å². The molecule has 0 spiro atoms. The highest BCUT2D eigenvalue weighted by molar-refractivity contribution is 5.64. The maximum Gasteiger partial charge on any atom is 0.0346 e. The molecule has 0 bridgehead atoms. The second-order valence-electron chi connectivity index (χ2n) is 5.04. The molecule has 2 nitrogen and oxygen atoms in total. The van der Waals surface area contributed by atoms with Crippen LogP contribution in [-0.4, -0.2) is 4.98 Å². The molecule has 92 valence electrons. The first-order chi connectivity index (χ1) is 8.86. The van der Waals surface area contributed by atoms with E-state index >= 15 is 0 Å². The topological polar surface area (TPSA) is 38.9 Å². The van der Waals surface area contributed by atoms with Crippen LogP contribution in [0.2, 0.25) is 0 Å². The fourth-order valence-corrected chi connectivity index (χ4v) is 2.47. The Morgan fingerprint density at radius 3 is 2.72 bits per heavy atom. The first-order valence-corrected chi connectivity index (χ1v) is 6.61. The van der Waals surface area contributed by atoms with Crippen LogP contribution < -0.4 is 5.73 Å². The van der Waals surface area contributed by atoms with E-state index < -0.39 is 0 Å². The third-order valence-corrected chi connectivity index (χ3v) is 3.83. The summed E-state index contributed by atoms with van der Waals surface area (Å²) >= 11 is 0. The largest absolute Gasteiger partial charge is 0.326 e. The molecule has 0 atom stereocenters. The summed E-state index contributed by atoms with van der Waals surface area (Å²) in [4.78, 5) is 4.26. The Hall–Kier alpha value is -1.67. The van der Waals surface area contributed by atoms with E-state index in [0.29, 0.717) is 6.54 Å². The Kier molecular flexibility index (Phi) is 3.11. The molecule has 18 heavy (non-hydrogen) atoms. The summed E-state index contributed by atoms with van der Waals surface area (Å²) in [6.07, 6.45) is 7.80. The van der Waals surface area contributed by atoms with Gasteiger partial charge in [-0.05, 0) is 41.5 Å². The van der Waals surface area contributed by atoms with Crippen LogP contribution in [-0.2, 0) is 6.54 Å². The molecule has 3 rings (SSSR count). The molecule has 0 saturated heterocycles. The molecule has 2 N–H and O–H groups in total. The second kappa shape index (κ2) is 4.91. The van der Waals surface area contributed by atoms with Crippen LogP contribution in [0.5, 0.6) is 0 Å². The van der Waals surface area contributed by atoms with Crippen molar-refractivity contribution in [3.8, 4) is 11.1 Å². The van der Waals surface area contributed by atoms with Crippen molar-refractivity contribution in [1.82, 2.24) is 4.98 Å². The maximum atomic E-state index is 5.67. The van der Waals surface area contributed by atoms with Gasteiger partial charge in [-0.1, -0.05) is 30.7 Å². The molecule has 0 aliphatic heterocycles. The zero-order valence-corrected chi connectivity index (χ0v) is 10.5. The number of nitrogens with two attached hydrogens (primary N) is 1. The van der Waals surface area contributed by atoms with E-state index in [1.165, 1.54) is 36.0 Å². The van der Waals surface area contributed by atoms with Gasteiger partial charge in [0.2, 0.25) is 0 Å². The van der Waals surface area contributed by atoms with Crippen molar-refractivity contribution in [2.75, 3.05) is 0 Å². The van der Waals surface area contributed by atoms with Crippen molar-refractivity contribution >= 4 is 0 Å². The summed E-state index contributed by atoms with van der Waals surface area (Å²) in [5, 5.41) is 0. The van der Waals surface area contributed by atoms with E-state index in [1.807, 2.05) is 12.4 Å². The van der Waals surface area contributed by atoms with Gasteiger partial charge in [0.25, 0.3) is 0 Å². The smallest absolute Gasteiger partial charge is 0.0346 e. The fraction of sp³-hybridized carbons (Fsp3) is 0.312. The van der Waals surface area contributed by atoms with Gasteiger partial charge in [0.15, 0.2) is 0 Å². The molecule has 1 heterocycles. The average molecular weight is 238 g/mol. The van der Waals surface area contributed by atoms with Crippen LogP contribution in [0, 0.1) is 0 Å². The molecule has 1 saturated carbocycles. The summed E-state index contributed by atoms with van der Waals surface area (Å²) in [7, 11) is 0. The molecule has 2 heteroatoms. The van der Waals surface area contributed by atoms with E-state index in [-0.39, 0.29) is 0 Å². The number of rotatable bonds is 3. The van der Waals surface area contributed by atoms with E-state index in [4.69, 9.17) is 5.73 Å². The minimum Gasteiger partial charge on any atom is -0.326 e. The normalized spacial score (nSPS) is 15.4. The first-order valence-electron chi connectivity index (χ1n) is 6.61. The standard InChI is InChI=1S/C16H18N2/c17-9-12-7-16(11-18-10-12)15-6-2-5-14(8-15)13-3-1-4-13/h2,5-8,10-11,13H,1,3-4,9,17H2. The minimum atomic E-state index is 0.545. The van der Waals surface area contributed by atoms with Crippen LogP contribution in [0.15, 0.2) is 42.7 Å². The predicted octanol–water partition coefficient (Wildman–Crippen LogP) is 3.47. The Morgan fingerprint density at radius 2 is 2.00 bits per heavy atom. The van der Waals surface area contributed by atoms with Crippen molar-refractivity contribution in [2.45, 2.75) is 31.7 Å². The van der Waals surface area contributed by atoms with E-state index in [9.17, 15) is 0 Å². The molecular weight excluding hydrogens is 220 g/mol. The predicted molar refractivity (Wildman–Crippen MR) is 74.2 cm³/mol. The van der Waals surface area contributed by atoms with Crippen molar-refractivity contribution < 1.29 is 0 Å². The number of aromatic nitrogens is 1. The van der Waals surface area contributed by atoms with Crippen LogP contribution >= 0.6 is 0 Å². The summed E-state index contributed by atoms with van der Waals surface area (Å²) in [6.45, 7) is 0.545. The van der Waals surface area contributed by atoms with Gasteiger partial charge in [0.1, 0.15) is 0 Å². The summed E-state index contributed by atoms with van der Waals surface area (Å²) in [6, 6.07) is 11.0. The zero-order valence-electron chi connectivity index (χ0n) is 10.5. The van der Waals surface area contributed by atoms with Gasteiger partial charge >= 0.3 is 0 Å². The van der Waals surface area contributed by atoms with Gasteiger partial charge in [-0.25, -0.2) is 0 Å². The van der Waals surface area contributed by atoms with E-state index in [0.717, 1.165) is 11.5 Å². The minimum absolute atomic E-state index is 0.545. The Labute approximate surface area is 108 Å². The van der Waals surface area contributed by atoms with Crippen molar-refractivity contribution in [3.63, 3.8) is 0 Å². The Balaban J connectivity index is 1.94. The number of hydrogen-bond donors (Lipinski definition) is 1. The molecule has 0 unspecified atom stereocenters. The summed E-state index contributed by atoms with van der Waals surface area (Å²) in [5.41, 5.74) is 10.6. The monoisotopic (exact) mass is 238 g/mol. The average Bonchev–Trinajstić information content (AvgIpc) is 2.37. The first kappa shape index (κ1) is 11.4. The van der Waals surface area contributed by atoms with E-state index in [1.54, 1.807) is 0 Å². The molecule has 1 aromatic carbocycles. The quantitative estimate of drug-likeness (QED) is 0.889. The lowest BCUT2D eigenvalue weighted by atomic mass is 9.79. The molecule has 0 radical (unpaired) electrons. The number of pyridine rings is 1. The lowest BCUT2D eigenvalue weighted by Gasteiger charge is -2.26. The third-order valence-electron chi connectivity index (χ3n) is 3.83. The maximum absolute atomic E-state index is 5.67. The highest BCUT2D eigenvalue weighted by Gasteiger charge is 2.19. The fourth-order valence-electron chi connectivity index (χ4n) is 2.47. The van der Waals surface area contributed by atoms with Gasteiger partial charge in [0, 0.05) is 24.5 Å². The van der Waals surface area contributed by atoms with Crippen molar-refractivity contribution in [3.05, 3.63) is 53.9 Å². The highest BCUT2D eigenvalue weighted by atomic mass is 14.6. The van der Waals surface area contributed by atoms with Crippen molar-refractivity contribution in [2.24, 2.45) is 5.73 Å². The molecule has 1 fully saturated rings. The lowest BCUT2D eigenvalue weighted by molar-refractivity contribution is 0.420. The molecule has 0 amide bonds. The van der Waals surface area contributed by atoms with Crippen LogP contribution in [0.4, 0.5) is 0 Å². The molecule has 1 aliphatic carbocycles. The van der Waals surface area contributed by atoms with Gasteiger partial charge in [-0.2, -0.15) is 0 Å². The Bertz CT molecular complexity index is 544. The van der Waals surface area contributed by atoms with Crippen LogP contribution in [0.3, 0.4) is 0 Å². The SMILES string of the molecule is NCc1cncc(-c2cccc(C3CCC3)c2)c1. The molecule has 1 aromatic heterocycles. The Morgan fingerprint density at radius 1 is 1.11 bits per heavy atom. The number of benzene rings is 1. The number of nitrogens with zero attached hydrogens (tertiary/aromatic N) is 1. The summed E-state index contributed by atoms with van der Waals surface area (Å²) in [5.74, 6) is 0.774. The van der Waals surface area contributed by atoms with E-state index in [2.05, 4.69) is 35.3 Å². The third kappa shape index (κ3) is 2.16.